The van der Waals surface area contributed by atoms with Crippen molar-refractivity contribution in [2.45, 2.75) is 27.2 Å². The lowest BCUT2D eigenvalue weighted by Gasteiger charge is -1.80. The summed E-state index contributed by atoms with van der Waals surface area (Å²) in [6, 6.07) is 0. The molecular weight excluding hydrogens is 150 g/mol. The van der Waals surface area contributed by atoms with E-state index in [0.29, 0.717) is 0 Å². The molecule has 2 nitrogen and oxygen atoms in total. The number of hydrogen-bond donors (Lipinski definition) is 2. The second kappa shape index (κ2) is 12.6. The van der Waals surface area contributed by atoms with E-state index in [1.807, 2.05) is 13.8 Å². The number of aliphatic hydroxyl groups excluding tert-OH is 1. The summed E-state index contributed by atoms with van der Waals surface area (Å²) in [4.78, 5) is 2.99. The van der Waals surface area contributed by atoms with Gasteiger partial charge in [-0.1, -0.05) is 27.4 Å². The maximum Gasteiger partial charge on any atom is 0.165 e. The van der Waals surface area contributed by atoms with Crippen LogP contribution < -0.4 is 4.99 Å². The second-order valence-electron chi connectivity index (χ2n) is 1.92. The SMILES string of the molecule is C=C/C(O)=C\C=[NH+]CCC.CC. The minimum Gasteiger partial charge on any atom is -0.508 e. The van der Waals surface area contributed by atoms with Crippen LogP contribution in [0.3, 0.4) is 0 Å². The van der Waals surface area contributed by atoms with Gasteiger partial charge in [0.15, 0.2) is 6.21 Å². The average Bonchev–Trinajstić information content (AvgIpc) is 2.15. The van der Waals surface area contributed by atoms with Crippen molar-refractivity contribution >= 4 is 6.21 Å². The molecule has 0 aromatic carbocycles. The summed E-state index contributed by atoms with van der Waals surface area (Å²) < 4.78 is 0. The van der Waals surface area contributed by atoms with Gasteiger partial charge in [0.2, 0.25) is 0 Å². The van der Waals surface area contributed by atoms with E-state index in [1.54, 1.807) is 12.3 Å². The van der Waals surface area contributed by atoms with Crippen LogP contribution in [0.4, 0.5) is 0 Å². The highest BCUT2D eigenvalue weighted by Crippen LogP contribution is 1.81. The lowest BCUT2D eigenvalue weighted by molar-refractivity contribution is -0.450. The maximum absolute atomic E-state index is 8.83. The second-order valence-corrected chi connectivity index (χ2v) is 1.92. The number of aliphatic hydroxyl groups is 1. The molecule has 0 bridgehead atoms. The van der Waals surface area contributed by atoms with Gasteiger partial charge in [-0.05, 0) is 6.08 Å². The van der Waals surface area contributed by atoms with Crippen LogP contribution in [0.15, 0.2) is 24.5 Å². The fraction of sp³-hybridized carbons (Fsp3) is 0.500. The van der Waals surface area contributed by atoms with Crippen molar-refractivity contribution in [3.63, 3.8) is 0 Å². The van der Waals surface area contributed by atoms with Crippen LogP contribution in [0.5, 0.6) is 0 Å². The molecule has 0 aliphatic carbocycles. The zero-order valence-corrected chi connectivity index (χ0v) is 8.30. The van der Waals surface area contributed by atoms with Crippen LogP contribution in [0.25, 0.3) is 0 Å². The van der Waals surface area contributed by atoms with Gasteiger partial charge < -0.3 is 5.11 Å². The minimum absolute atomic E-state index is 0.184. The average molecular weight is 170 g/mol. The number of allylic oxidation sites excluding steroid dienone is 2. The van der Waals surface area contributed by atoms with Gasteiger partial charge in [-0.25, -0.2) is 4.99 Å². The summed E-state index contributed by atoms with van der Waals surface area (Å²) >= 11 is 0. The zero-order chi connectivity index (χ0) is 9.82. The van der Waals surface area contributed by atoms with Crippen molar-refractivity contribution in [2.75, 3.05) is 6.54 Å². The lowest BCUT2D eigenvalue weighted by atomic mass is 10.4. The highest BCUT2D eigenvalue weighted by molar-refractivity contribution is 5.66. The number of rotatable bonds is 4. The normalized spacial score (nSPS) is 10.8. The van der Waals surface area contributed by atoms with Crippen molar-refractivity contribution in [3.05, 3.63) is 24.5 Å². The molecule has 2 N–H and O–H groups in total. The predicted octanol–water partition coefficient (Wildman–Crippen LogP) is 1.20. The zero-order valence-electron chi connectivity index (χ0n) is 8.30. The Labute approximate surface area is 75.3 Å². The minimum atomic E-state index is 0.184. The molecule has 0 unspecified atom stereocenters. The van der Waals surface area contributed by atoms with Crippen LogP contribution in [-0.2, 0) is 0 Å². The van der Waals surface area contributed by atoms with Crippen LogP contribution in [0.2, 0.25) is 0 Å². The molecule has 0 aromatic heterocycles. The van der Waals surface area contributed by atoms with Gasteiger partial charge >= 0.3 is 0 Å². The van der Waals surface area contributed by atoms with Crippen molar-refractivity contribution in [1.29, 1.82) is 0 Å². The smallest absolute Gasteiger partial charge is 0.165 e. The molecule has 0 aromatic rings. The summed E-state index contributed by atoms with van der Waals surface area (Å²) in [7, 11) is 0. The van der Waals surface area contributed by atoms with Crippen LogP contribution in [0, 0.1) is 0 Å². The summed E-state index contributed by atoms with van der Waals surface area (Å²) in [6.45, 7) is 10.4. The van der Waals surface area contributed by atoms with E-state index in [-0.39, 0.29) is 5.76 Å². The van der Waals surface area contributed by atoms with Crippen molar-refractivity contribution in [3.8, 4) is 0 Å². The molecule has 0 heterocycles. The van der Waals surface area contributed by atoms with Crippen molar-refractivity contribution in [2.24, 2.45) is 0 Å². The lowest BCUT2D eigenvalue weighted by Crippen LogP contribution is -2.68. The van der Waals surface area contributed by atoms with Crippen LogP contribution in [0.1, 0.15) is 27.2 Å². The predicted molar refractivity (Wildman–Crippen MR) is 54.4 cm³/mol. The van der Waals surface area contributed by atoms with Gasteiger partial charge in [-0.15, -0.1) is 0 Å². The topological polar surface area (TPSA) is 34.2 Å². The van der Waals surface area contributed by atoms with Crippen molar-refractivity contribution in [1.82, 2.24) is 0 Å². The third kappa shape index (κ3) is 11.7. The molecule has 0 atom stereocenters. The maximum atomic E-state index is 8.83. The molecule has 12 heavy (non-hydrogen) atoms. The van der Waals surface area contributed by atoms with Gasteiger partial charge in [-0.2, -0.15) is 0 Å². The molecule has 0 saturated carbocycles. The third-order valence-corrected chi connectivity index (χ3v) is 0.975. The Hall–Kier alpha value is -1.05. The molecule has 0 aliphatic rings. The first-order chi connectivity index (χ1) is 5.81. The van der Waals surface area contributed by atoms with E-state index in [4.69, 9.17) is 5.11 Å². The molecule has 0 amide bonds. The molecule has 2 heteroatoms. The van der Waals surface area contributed by atoms with E-state index in [9.17, 15) is 0 Å². The molecule has 0 rings (SSSR count). The van der Waals surface area contributed by atoms with E-state index in [0.717, 1.165) is 13.0 Å². The van der Waals surface area contributed by atoms with E-state index < -0.39 is 0 Å². The molecule has 0 fully saturated rings. The Morgan fingerprint density at radius 1 is 1.50 bits per heavy atom. The summed E-state index contributed by atoms with van der Waals surface area (Å²) in [5.41, 5.74) is 0. The molecule has 0 saturated heterocycles. The first-order valence-corrected chi connectivity index (χ1v) is 4.39. The molecule has 0 aliphatic heterocycles. The van der Waals surface area contributed by atoms with Crippen LogP contribution in [-0.4, -0.2) is 17.9 Å². The van der Waals surface area contributed by atoms with Gasteiger partial charge in [0.25, 0.3) is 0 Å². The monoisotopic (exact) mass is 170 g/mol. The fourth-order valence-electron chi connectivity index (χ4n) is 0.440. The van der Waals surface area contributed by atoms with Gasteiger partial charge in [0.1, 0.15) is 12.3 Å². The van der Waals surface area contributed by atoms with E-state index in [1.165, 1.54) is 6.08 Å². The molecule has 0 spiro atoms. The molecule has 0 radical (unpaired) electrons. The third-order valence-electron chi connectivity index (χ3n) is 0.975. The van der Waals surface area contributed by atoms with E-state index in [2.05, 4.69) is 18.5 Å². The Kier molecular flexibility index (Phi) is 14.2. The van der Waals surface area contributed by atoms with Crippen molar-refractivity contribution < 1.29 is 10.1 Å². The van der Waals surface area contributed by atoms with Gasteiger partial charge in [0, 0.05) is 12.5 Å². The highest BCUT2D eigenvalue weighted by Gasteiger charge is 1.81. The highest BCUT2D eigenvalue weighted by atomic mass is 16.3. The Morgan fingerprint density at radius 3 is 2.50 bits per heavy atom. The standard InChI is InChI=1S/C8H13NO.C2H6/c1-3-6-9-7-5-8(10)4-2;1-2/h4-5,7,10H,2-3,6H2,1H3;1-2H3/p+1/b8-5+,9-7?;. The summed E-state index contributed by atoms with van der Waals surface area (Å²) in [5, 5.41) is 8.83. The quantitative estimate of drug-likeness (QED) is 0.371. The van der Waals surface area contributed by atoms with E-state index >= 15 is 0 Å². The van der Waals surface area contributed by atoms with Gasteiger partial charge in [0.05, 0.1) is 0 Å². The Bertz CT molecular complexity index is 148. The Balaban J connectivity index is 0. The number of nitrogens with one attached hydrogen (secondary N) is 1. The first-order valence-electron chi connectivity index (χ1n) is 4.39. The molecule has 70 valence electrons. The molecular formula is C10H20NO+. The summed E-state index contributed by atoms with van der Waals surface area (Å²) in [5.74, 6) is 0.184. The van der Waals surface area contributed by atoms with Crippen LogP contribution >= 0.6 is 0 Å². The van der Waals surface area contributed by atoms with Gasteiger partial charge in [-0.3, -0.25) is 0 Å². The largest absolute Gasteiger partial charge is 0.508 e. The first kappa shape index (κ1) is 13.5. The Morgan fingerprint density at radius 2 is 2.08 bits per heavy atom. The fourth-order valence-corrected chi connectivity index (χ4v) is 0.440. The summed E-state index contributed by atoms with van der Waals surface area (Å²) in [6.07, 6.45) is 5.76. The number of hydrogen-bond acceptors (Lipinski definition) is 1.